The van der Waals surface area contributed by atoms with E-state index < -0.39 is 0 Å². The molecule has 31 heavy (non-hydrogen) atoms. The van der Waals surface area contributed by atoms with Crippen molar-refractivity contribution < 1.29 is 0 Å². The van der Waals surface area contributed by atoms with Crippen LogP contribution in [0.25, 0.3) is 0 Å². The topological polar surface area (TPSA) is 105 Å². The number of aromatic nitrogens is 2. The minimum absolute atomic E-state index is 0.0151. The van der Waals surface area contributed by atoms with Crippen LogP contribution in [-0.2, 0) is 6.42 Å². The van der Waals surface area contributed by atoms with E-state index in [9.17, 15) is 0 Å². The molecule has 9 heteroatoms. The molecule has 3 rings (SSSR count). The van der Waals surface area contributed by atoms with Crippen LogP contribution < -0.4 is 11.5 Å². The molecule has 0 radical (unpaired) electrons. The molecule has 0 spiro atoms. The summed E-state index contributed by atoms with van der Waals surface area (Å²) in [5.74, 6) is 0.0794. The van der Waals surface area contributed by atoms with Crippen molar-refractivity contribution in [1.29, 1.82) is 5.41 Å². The summed E-state index contributed by atoms with van der Waals surface area (Å²) in [6, 6.07) is 11.5. The van der Waals surface area contributed by atoms with Gasteiger partial charge in [-0.25, -0.2) is 4.98 Å². The first kappa shape index (κ1) is 23.3. The number of nitrogen functional groups attached to an aromatic ring is 1. The lowest BCUT2D eigenvalue weighted by molar-refractivity contribution is 0.386. The van der Waals surface area contributed by atoms with Gasteiger partial charge in [0.15, 0.2) is 11.1 Å². The molecule has 6 nitrogen and oxygen atoms in total. The van der Waals surface area contributed by atoms with Gasteiger partial charge in [0.25, 0.3) is 0 Å². The first-order chi connectivity index (χ1) is 14.8. The molecule has 3 aromatic rings. The predicted molar refractivity (Wildman–Crippen MR) is 130 cm³/mol. The highest BCUT2D eigenvalue weighted by molar-refractivity contribution is 7.15. The van der Waals surface area contributed by atoms with Crippen LogP contribution in [0.5, 0.6) is 0 Å². The minimum atomic E-state index is 0.0151. The van der Waals surface area contributed by atoms with Crippen molar-refractivity contribution >= 4 is 45.6 Å². The van der Waals surface area contributed by atoms with E-state index in [0.717, 1.165) is 36.2 Å². The second-order valence-electron chi connectivity index (χ2n) is 7.31. The Morgan fingerprint density at radius 2 is 2.00 bits per heavy atom. The molecular formula is C22H26Cl2N6S. The number of pyridine rings is 1. The third-order valence-corrected chi connectivity index (χ3v) is 6.95. The fourth-order valence-electron chi connectivity index (χ4n) is 3.55. The molecule has 1 unspecified atom stereocenters. The number of thiazole rings is 1. The highest BCUT2D eigenvalue weighted by atomic mass is 35.5. The monoisotopic (exact) mass is 476 g/mol. The lowest BCUT2D eigenvalue weighted by Crippen LogP contribution is -2.38. The number of nitrogens with one attached hydrogen (secondary N) is 1. The summed E-state index contributed by atoms with van der Waals surface area (Å²) in [6.07, 6.45) is 4.25. The lowest BCUT2D eigenvalue weighted by Gasteiger charge is -2.26. The first-order valence-corrected chi connectivity index (χ1v) is 11.6. The van der Waals surface area contributed by atoms with E-state index in [2.05, 4.69) is 9.97 Å². The molecule has 0 aliphatic heterocycles. The standard InChI is InChI=1S/C22H26Cl2N6S/c1-14-20(31-22(27)29-14)6-4-11-30(21(25)26)12-9-16(19-5-2-3-10-28-19)15-7-8-17(23)18(24)13-15/h2-3,5,7-8,10,13,16H,4,6,9,11-12H2,1H3,(H3,25,26)(H2,27,29). The van der Waals surface area contributed by atoms with Crippen molar-refractivity contribution in [2.45, 2.75) is 32.1 Å². The maximum atomic E-state index is 8.02. The van der Waals surface area contributed by atoms with Gasteiger partial charge in [-0.05, 0) is 56.0 Å². The van der Waals surface area contributed by atoms with Crippen LogP contribution in [0.2, 0.25) is 10.0 Å². The highest BCUT2D eigenvalue weighted by Gasteiger charge is 2.19. The van der Waals surface area contributed by atoms with Gasteiger partial charge in [0.2, 0.25) is 0 Å². The second-order valence-corrected chi connectivity index (χ2v) is 9.24. The van der Waals surface area contributed by atoms with E-state index in [0.29, 0.717) is 28.3 Å². The number of hydrogen-bond donors (Lipinski definition) is 3. The molecule has 0 bridgehead atoms. The van der Waals surface area contributed by atoms with Gasteiger partial charge in [0.1, 0.15) is 0 Å². The summed E-state index contributed by atoms with van der Waals surface area (Å²) in [5, 5.41) is 9.65. The Morgan fingerprint density at radius 3 is 2.61 bits per heavy atom. The average molecular weight is 477 g/mol. The summed E-state index contributed by atoms with van der Waals surface area (Å²) >= 11 is 13.9. The van der Waals surface area contributed by atoms with Crippen LogP contribution in [0.4, 0.5) is 5.13 Å². The van der Waals surface area contributed by atoms with E-state index in [-0.39, 0.29) is 11.9 Å². The van der Waals surface area contributed by atoms with Gasteiger partial charge in [-0.15, -0.1) is 11.3 Å². The fourth-order valence-corrected chi connectivity index (χ4v) is 4.73. The van der Waals surface area contributed by atoms with Crippen molar-refractivity contribution in [3.8, 4) is 0 Å². The van der Waals surface area contributed by atoms with Gasteiger partial charge in [-0.1, -0.05) is 35.3 Å². The zero-order chi connectivity index (χ0) is 22.4. The Balaban J connectivity index is 1.69. The fraction of sp³-hybridized carbons (Fsp3) is 0.318. The quantitative estimate of drug-likeness (QED) is 0.294. The maximum Gasteiger partial charge on any atom is 0.188 e. The van der Waals surface area contributed by atoms with Crippen LogP contribution in [0.15, 0.2) is 42.6 Å². The number of hydrogen-bond acceptors (Lipinski definition) is 5. The van der Waals surface area contributed by atoms with E-state index >= 15 is 0 Å². The summed E-state index contributed by atoms with van der Waals surface area (Å²) in [7, 11) is 0. The van der Waals surface area contributed by atoms with Gasteiger partial charge >= 0.3 is 0 Å². The van der Waals surface area contributed by atoms with Crippen LogP contribution in [0.1, 0.15) is 40.6 Å². The number of aryl methyl sites for hydroxylation is 2. The number of nitrogens with two attached hydrogens (primary N) is 2. The third kappa shape index (κ3) is 6.32. The molecule has 2 heterocycles. The Bertz CT molecular complexity index is 1020. The smallest absolute Gasteiger partial charge is 0.188 e. The van der Waals surface area contributed by atoms with Crippen LogP contribution >= 0.6 is 34.5 Å². The number of rotatable bonds is 9. The number of nitrogens with zero attached hydrogens (tertiary/aromatic N) is 3. The molecule has 1 aromatic carbocycles. The molecule has 0 amide bonds. The lowest BCUT2D eigenvalue weighted by atomic mass is 9.91. The molecule has 0 fully saturated rings. The van der Waals surface area contributed by atoms with Crippen molar-refractivity contribution in [1.82, 2.24) is 14.9 Å². The summed E-state index contributed by atoms with van der Waals surface area (Å²) in [5.41, 5.74) is 14.6. The average Bonchev–Trinajstić information content (AvgIpc) is 3.06. The normalized spacial score (nSPS) is 12.0. The molecule has 0 aliphatic rings. The van der Waals surface area contributed by atoms with Gasteiger partial charge in [-0.2, -0.15) is 0 Å². The van der Waals surface area contributed by atoms with Crippen LogP contribution in [-0.4, -0.2) is 33.9 Å². The van der Waals surface area contributed by atoms with E-state index in [4.69, 9.17) is 40.1 Å². The highest BCUT2D eigenvalue weighted by Crippen LogP contribution is 2.32. The van der Waals surface area contributed by atoms with Gasteiger partial charge in [-0.3, -0.25) is 10.4 Å². The molecule has 5 N–H and O–H groups in total. The largest absolute Gasteiger partial charge is 0.375 e. The Labute approximate surface area is 196 Å². The molecule has 2 aromatic heterocycles. The second kappa shape index (κ2) is 10.8. The van der Waals surface area contributed by atoms with Crippen molar-refractivity contribution in [2.24, 2.45) is 5.73 Å². The number of halogens is 2. The third-order valence-electron chi connectivity index (χ3n) is 5.16. The van der Waals surface area contributed by atoms with Crippen molar-refractivity contribution in [3.05, 3.63) is 74.5 Å². The minimum Gasteiger partial charge on any atom is -0.375 e. The maximum absolute atomic E-state index is 8.02. The molecule has 0 aliphatic carbocycles. The molecule has 1 atom stereocenters. The van der Waals surface area contributed by atoms with Crippen LogP contribution in [0, 0.1) is 12.3 Å². The van der Waals surface area contributed by atoms with E-state index in [1.165, 1.54) is 16.2 Å². The van der Waals surface area contributed by atoms with Crippen molar-refractivity contribution in [3.63, 3.8) is 0 Å². The van der Waals surface area contributed by atoms with Crippen molar-refractivity contribution in [2.75, 3.05) is 18.8 Å². The van der Waals surface area contributed by atoms with Gasteiger partial charge < -0.3 is 16.4 Å². The SMILES string of the molecule is Cc1nc(N)sc1CCCN(CCC(c1ccc(Cl)c(Cl)c1)c1ccccn1)C(=N)N. The zero-order valence-corrected chi connectivity index (χ0v) is 19.6. The number of benzene rings is 1. The molecule has 0 saturated heterocycles. The summed E-state index contributed by atoms with van der Waals surface area (Å²) in [6.45, 7) is 3.28. The zero-order valence-electron chi connectivity index (χ0n) is 17.3. The summed E-state index contributed by atoms with van der Waals surface area (Å²) < 4.78 is 0. The predicted octanol–water partition coefficient (Wildman–Crippen LogP) is 5.09. The Kier molecular flexibility index (Phi) is 8.12. The summed E-state index contributed by atoms with van der Waals surface area (Å²) in [4.78, 5) is 11.9. The van der Waals surface area contributed by atoms with E-state index in [1.54, 1.807) is 12.3 Å². The van der Waals surface area contributed by atoms with E-state index in [1.807, 2.05) is 42.2 Å². The first-order valence-electron chi connectivity index (χ1n) is 10.0. The Hall–Kier alpha value is -2.35. The van der Waals surface area contributed by atoms with Gasteiger partial charge in [0.05, 0.1) is 15.7 Å². The Morgan fingerprint density at radius 1 is 1.19 bits per heavy atom. The van der Waals surface area contributed by atoms with Gasteiger partial charge in [0, 0.05) is 35.8 Å². The number of anilines is 1. The molecule has 0 saturated carbocycles. The molecular weight excluding hydrogens is 451 g/mol. The van der Waals surface area contributed by atoms with Crippen LogP contribution in [0.3, 0.4) is 0 Å². The number of guanidine groups is 1. The molecule has 164 valence electrons.